The molecule has 0 aromatic rings. The van der Waals surface area contributed by atoms with Gasteiger partial charge < -0.3 is 51.3 Å². The van der Waals surface area contributed by atoms with Gasteiger partial charge in [0.1, 0.15) is 5.76 Å². The van der Waals surface area contributed by atoms with Crippen LogP contribution in [0.4, 0.5) is 0 Å². The zero-order valence-corrected chi connectivity index (χ0v) is 79.1. The lowest BCUT2D eigenvalue weighted by atomic mass is 9.43. The van der Waals surface area contributed by atoms with E-state index in [2.05, 4.69) is 210 Å². The molecule has 12 unspecified atom stereocenters. The minimum atomic E-state index is -3.65. The van der Waals surface area contributed by atoms with E-state index in [1.54, 1.807) is 20.8 Å². The first-order chi connectivity index (χ1) is 50.1. The highest BCUT2D eigenvalue weighted by Crippen LogP contribution is 2.74. The monoisotopic (exact) mass is 1640 g/mol. The number of allylic oxidation sites excluding steroid dienone is 2. The maximum absolute atomic E-state index is 13.3. The second-order valence-electron chi connectivity index (χ2n) is 45.8. The van der Waals surface area contributed by atoms with Crippen LogP contribution in [0.2, 0.25) is 54.4 Å². The molecule has 652 valence electrons. The molecule has 0 radical (unpaired) electrons. The molecular weight excluding hydrogens is 1470 g/mol. The number of phosphoric ester groups is 1. The molecule has 3 heterocycles. The smallest absolute Gasteiger partial charge is 0.413 e. The quantitative estimate of drug-likeness (QED) is 0.112. The van der Waals surface area contributed by atoms with Crippen molar-refractivity contribution in [3.63, 3.8) is 0 Å². The van der Waals surface area contributed by atoms with Gasteiger partial charge in [0.05, 0.1) is 67.6 Å². The number of aliphatic hydroxyl groups excluding tert-OH is 1. The normalized spacial score (nSPS) is 45.0. The average Bonchev–Trinajstić information content (AvgIpc) is 1.49. The van der Waals surface area contributed by atoms with E-state index in [0.717, 1.165) is 31.1 Å². The third-order valence-electron chi connectivity index (χ3n) is 35.5. The van der Waals surface area contributed by atoms with E-state index in [1.807, 2.05) is 0 Å². The molecule has 12 aliphatic carbocycles. The van der Waals surface area contributed by atoms with E-state index in [-0.39, 0.29) is 127 Å². The number of ether oxygens (including phenoxy) is 6. The molecule has 15 aliphatic rings. The lowest BCUT2D eigenvalue weighted by Crippen LogP contribution is -2.64. The van der Waals surface area contributed by atoms with E-state index in [4.69, 9.17) is 60.4 Å². The molecule has 0 spiro atoms. The fourth-order valence-electron chi connectivity index (χ4n) is 26.8. The molecule has 1 N–H and O–H groups in total. The molecule has 10 saturated carbocycles. The van der Waals surface area contributed by atoms with E-state index >= 15 is 0 Å². The Morgan fingerprint density at radius 3 is 1.29 bits per heavy atom. The van der Waals surface area contributed by atoms with Crippen LogP contribution in [0.5, 0.6) is 0 Å². The molecule has 0 aromatic carbocycles. The van der Waals surface area contributed by atoms with Crippen LogP contribution in [0.3, 0.4) is 0 Å². The SMILES string of the molecule is C.C.C.CC1(C)O[C@@H]2C3C(CC[C@@]4(C)C3CC[C@@H]4O[Si](C)(C)C(C)(C)C)[C@@]3(C)CCC=CC3[C@H]2O1.CC1(C)O[C@@H]2C3C(CC[C@@]4(C)C3CC[C@]4(C)O[Si](C)(C)C(C)(C)C)[C@@]3(C)CCCCC3[C@H]2O1.CCO.CCOP(=O)(OCC)OC1=CC2[C@H]3OC(C)(C)O[C@@H]3C3C(CC[C@@]4(C)C3CC[C@@H]4O[Si](C)(C)C(C)(C)C)[C@@]2(C)CC1. The van der Waals surface area contributed by atoms with Gasteiger partial charge in [-0.05, 0) is 331 Å². The van der Waals surface area contributed by atoms with E-state index in [0.29, 0.717) is 82.1 Å². The summed E-state index contributed by atoms with van der Waals surface area (Å²) in [6.45, 7) is 72.5. The predicted octanol–water partition coefficient (Wildman–Crippen LogP) is 26.0. The highest BCUT2D eigenvalue weighted by atomic mass is 31.2. The van der Waals surface area contributed by atoms with Gasteiger partial charge in [-0.2, -0.15) is 0 Å². The van der Waals surface area contributed by atoms with Crippen molar-refractivity contribution >= 4 is 32.8 Å². The number of phosphoric acid groups is 1. The standard InChI is InChI=1S/C32H57O7PSi.C29H52O3Si.C28H48O3Si.C2H6O.3CH4/c1-12-34-40(33,35-13-2)38-21-16-18-31(8)23-17-19-32(9)22(14-15-25(32)39-41(10,11)29(3,4)5)26(23)28-27(24(31)20-21)36-30(6,7)37-28;1-25(2,3)33(9,10)32-29(8)18-15-20-22-19(14-17-28(20,29)7)27(6)16-12-11-13-21(27)23-24(22)31-26(4,5)30-23;1-25(2,3)32(8,9)31-21-14-13-18-22-19(15-17-28(18,21)7)27(6)16-11-10-12-20(27)23-24(22)30-26(4,5)29-23;1-2-3;;;/h20,22-28H,12-19H2,1-11H3;19-24H,11-18H2,1-10H3;10,12,18-24H,11,13-17H2,1-9H3;3H,2H2,1H3;3*1H4/t22?,23?,24?,25-,26?,27+,28+,31+,32-;19?,20?,21?,22?,23-,24-,27-,28+,29+;18?,19?,20?,21-,22?,23+,24+,27+,28-;;;;/m010..../s1. The van der Waals surface area contributed by atoms with E-state index in [1.165, 1.54) is 109 Å². The molecule has 3 aliphatic heterocycles. The fourth-order valence-corrected chi connectivity index (χ4v) is 32.8. The van der Waals surface area contributed by atoms with E-state index < -0.39 is 50.1 Å². The van der Waals surface area contributed by atoms with Crippen LogP contribution >= 0.6 is 7.82 Å². The third-order valence-corrected chi connectivity index (χ3v) is 50.7. The predicted molar refractivity (Wildman–Crippen MR) is 467 cm³/mol. The van der Waals surface area contributed by atoms with Gasteiger partial charge >= 0.3 is 7.82 Å². The minimum absolute atomic E-state index is 0. The molecule has 15 rings (SSSR count). The highest BCUT2D eigenvalue weighted by Gasteiger charge is 2.74. The third kappa shape index (κ3) is 16.4. The molecule has 112 heavy (non-hydrogen) atoms. The Kier molecular flexibility index (Phi) is 27.6. The van der Waals surface area contributed by atoms with Crippen LogP contribution in [0.25, 0.3) is 0 Å². The van der Waals surface area contributed by atoms with Crippen molar-refractivity contribution in [2.24, 2.45) is 104 Å². The minimum Gasteiger partial charge on any atom is -0.413 e. The van der Waals surface area contributed by atoms with Gasteiger partial charge in [0.15, 0.2) is 42.3 Å². The van der Waals surface area contributed by atoms with Gasteiger partial charge in [0.25, 0.3) is 0 Å². The summed E-state index contributed by atoms with van der Waals surface area (Å²) in [5.74, 6) is 6.00. The van der Waals surface area contributed by atoms with Crippen LogP contribution < -0.4 is 0 Å². The summed E-state index contributed by atoms with van der Waals surface area (Å²) >= 11 is 0. The maximum Gasteiger partial charge on any atom is 0.529 e. The van der Waals surface area contributed by atoms with Gasteiger partial charge in [-0.15, -0.1) is 0 Å². The lowest BCUT2D eigenvalue weighted by Gasteiger charge is -2.64. The summed E-state index contributed by atoms with van der Waals surface area (Å²) < 4.78 is 92.6. The fraction of sp³-hybridized carbons (Fsp3) is 0.957. The first-order valence-electron chi connectivity index (χ1n) is 44.8. The average molecular weight is 1640 g/mol. The Morgan fingerprint density at radius 2 is 0.830 bits per heavy atom. The van der Waals surface area contributed by atoms with Crippen molar-refractivity contribution in [2.75, 3.05) is 19.8 Å². The van der Waals surface area contributed by atoms with Gasteiger partial charge in [-0.3, -0.25) is 9.05 Å². The van der Waals surface area contributed by atoms with Crippen molar-refractivity contribution in [1.82, 2.24) is 0 Å². The summed E-state index contributed by atoms with van der Waals surface area (Å²) in [4.78, 5) is 0. The number of hydrogen-bond acceptors (Lipinski definition) is 14. The number of rotatable bonds is 12. The molecule has 3 saturated heterocycles. The largest absolute Gasteiger partial charge is 0.529 e. The van der Waals surface area contributed by atoms with Crippen molar-refractivity contribution in [3.8, 4) is 0 Å². The second kappa shape index (κ2) is 32.4. The molecular formula is C94H175O14PSi3. The summed E-state index contributed by atoms with van der Waals surface area (Å²) in [6, 6.07) is 0. The topological polar surface area (TPSA) is 148 Å². The lowest BCUT2D eigenvalue weighted by molar-refractivity contribution is -0.192. The van der Waals surface area contributed by atoms with Gasteiger partial charge in [-0.25, -0.2) is 4.57 Å². The van der Waals surface area contributed by atoms with Crippen molar-refractivity contribution in [3.05, 3.63) is 24.0 Å². The molecule has 13 fully saturated rings. The summed E-state index contributed by atoms with van der Waals surface area (Å²) in [7, 11) is -9.19. The first kappa shape index (κ1) is 95.5. The Labute approximate surface area is 690 Å². The van der Waals surface area contributed by atoms with Crippen molar-refractivity contribution < 1.29 is 64.9 Å². The van der Waals surface area contributed by atoms with Crippen LogP contribution in [-0.4, -0.2) is 122 Å². The van der Waals surface area contributed by atoms with Crippen LogP contribution in [0.15, 0.2) is 24.0 Å². The summed E-state index contributed by atoms with van der Waals surface area (Å²) in [5.41, 5.74) is 1.41. The van der Waals surface area contributed by atoms with Crippen molar-refractivity contribution in [2.45, 2.75) is 450 Å². The molecule has 0 bridgehead atoms. The Bertz CT molecular complexity index is 3320. The number of aliphatic hydroxyl groups is 1. The molecule has 14 nitrogen and oxygen atoms in total. The van der Waals surface area contributed by atoms with Crippen molar-refractivity contribution in [1.29, 1.82) is 0 Å². The summed E-state index contributed by atoms with van der Waals surface area (Å²) in [6.07, 6.45) is 33.4. The molecule has 0 aromatic heterocycles. The molecule has 0 amide bonds. The van der Waals surface area contributed by atoms with Gasteiger partial charge in [0, 0.05) is 24.9 Å². The maximum atomic E-state index is 13.3. The Balaban J connectivity index is 0.000000188. The van der Waals surface area contributed by atoms with Gasteiger partial charge in [0.2, 0.25) is 0 Å². The van der Waals surface area contributed by atoms with Crippen LogP contribution in [-0.2, 0) is 59.8 Å². The first-order valence-corrected chi connectivity index (χ1v) is 54.9. The Hall–Kier alpha value is -0.319. The number of fused-ring (bicyclic) bond motifs is 24. The zero-order valence-electron chi connectivity index (χ0n) is 75.2. The second-order valence-corrected chi connectivity index (χ2v) is 61.7. The summed E-state index contributed by atoms with van der Waals surface area (Å²) in [5, 5.41) is 8.27. The molecule has 18 heteroatoms. The Morgan fingerprint density at radius 1 is 0.438 bits per heavy atom. The van der Waals surface area contributed by atoms with Crippen LogP contribution in [0.1, 0.15) is 324 Å². The van der Waals surface area contributed by atoms with Gasteiger partial charge in [-0.1, -0.05) is 151 Å². The van der Waals surface area contributed by atoms with Crippen LogP contribution in [0, 0.1) is 104 Å². The zero-order chi connectivity index (χ0) is 80.5. The number of hydrogen-bond donors (Lipinski definition) is 1. The molecule has 27 atom stereocenters. The highest BCUT2D eigenvalue weighted by molar-refractivity contribution is 7.48. The van der Waals surface area contributed by atoms with E-state index in [9.17, 15) is 4.57 Å².